The van der Waals surface area contributed by atoms with Gasteiger partial charge < -0.3 is 15.8 Å². The number of nitrogens with one attached hydrogen (secondary N) is 1. The highest BCUT2D eigenvalue weighted by atomic mass is 19.4. The zero-order valence-electron chi connectivity index (χ0n) is 6.15. The number of rotatable bonds is 3. The van der Waals surface area contributed by atoms with Crippen LogP contribution in [0.1, 0.15) is 0 Å². The second-order valence-corrected chi connectivity index (χ2v) is 1.89. The molecule has 0 spiro atoms. The molecule has 7 heteroatoms. The Balaban J connectivity index is 3.44. The zero-order valence-corrected chi connectivity index (χ0v) is 6.15. The number of halogens is 3. The molecule has 0 radical (unpaired) electrons. The Bertz CT molecular complexity index is 148. The van der Waals surface area contributed by atoms with Crippen molar-refractivity contribution in [1.82, 2.24) is 5.32 Å². The Kier molecular flexibility index (Phi) is 4.42. The number of carbonyl (C=O) groups excluding carboxylic acids is 1. The third-order valence-electron chi connectivity index (χ3n) is 0.784. The van der Waals surface area contributed by atoms with E-state index in [0.717, 1.165) is 0 Å². The molecule has 0 saturated carbocycles. The molecule has 0 unspecified atom stereocenters. The van der Waals surface area contributed by atoms with Crippen LogP contribution in [-0.4, -0.2) is 32.0 Å². The van der Waals surface area contributed by atoms with Gasteiger partial charge in [-0.1, -0.05) is 0 Å². The number of hydrogen-bond acceptors (Lipinski definition) is 3. The molecule has 0 saturated heterocycles. The minimum absolute atomic E-state index is 0.0828. The molecule has 12 heavy (non-hydrogen) atoms. The molecule has 0 aliphatic carbocycles. The summed E-state index contributed by atoms with van der Waals surface area (Å²) in [6.45, 7) is -1.40. The van der Waals surface area contributed by atoms with Gasteiger partial charge in [-0.25, -0.2) is 4.79 Å². The van der Waals surface area contributed by atoms with Gasteiger partial charge in [0.05, 0.1) is 0 Å². The Labute approximate surface area is 66.9 Å². The lowest BCUT2D eigenvalue weighted by Crippen LogP contribution is -2.34. The minimum atomic E-state index is -4.41. The standard InChI is InChI=1S/C5H9F3N2O2/c6-5(7,8)3-10-4(11)12-2-1-9/h1-3,9H2,(H,10,11). The smallest absolute Gasteiger partial charge is 0.407 e. The van der Waals surface area contributed by atoms with Crippen molar-refractivity contribution in [2.75, 3.05) is 19.7 Å². The number of nitrogens with two attached hydrogens (primary N) is 1. The van der Waals surface area contributed by atoms with Crippen molar-refractivity contribution in [1.29, 1.82) is 0 Å². The van der Waals surface area contributed by atoms with Gasteiger partial charge in [0.25, 0.3) is 0 Å². The van der Waals surface area contributed by atoms with E-state index in [9.17, 15) is 18.0 Å². The number of hydrogen-bond donors (Lipinski definition) is 2. The van der Waals surface area contributed by atoms with E-state index in [1.807, 2.05) is 0 Å². The lowest BCUT2D eigenvalue weighted by molar-refractivity contribution is -0.123. The second-order valence-electron chi connectivity index (χ2n) is 1.89. The van der Waals surface area contributed by atoms with Crippen LogP contribution in [0.25, 0.3) is 0 Å². The maximum absolute atomic E-state index is 11.4. The SMILES string of the molecule is NCCOC(=O)NCC(F)(F)F. The van der Waals surface area contributed by atoms with Gasteiger partial charge in [0.15, 0.2) is 0 Å². The molecule has 0 aromatic heterocycles. The van der Waals surface area contributed by atoms with Gasteiger partial charge in [0, 0.05) is 6.54 Å². The first kappa shape index (κ1) is 11.0. The molecule has 0 fully saturated rings. The molecule has 0 atom stereocenters. The maximum Gasteiger partial charge on any atom is 0.407 e. The third-order valence-corrected chi connectivity index (χ3v) is 0.784. The van der Waals surface area contributed by atoms with Crippen molar-refractivity contribution >= 4 is 6.09 Å². The molecule has 0 rings (SSSR count). The quantitative estimate of drug-likeness (QED) is 0.663. The number of alkyl carbamates (subject to hydrolysis) is 1. The molecule has 0 aliphatic heterocycles. The summed E-state index contributed by atoms with van der Waals surface area (Å²) in [5.41, 5.74) is 4.93. The molecule has 4 nitrogen and oxygen atoms in total. The summed E-state index contributed by atoms with van der Waals surface area (Å²) in [5.74, 6) is 0. The molecule has 0 bridgehead atoms. The van der Waals surface area contributed by atoms with Gasteiger partial charge in [-0.15, -0.1) is 0 Å². The molecule has 3 N–H and O–H groups in total. The van der Waals surface area contributed by atoms with E-state index in [0.29, 0.717) is 0 Å². The third kappa shape index (κ3) is 7.13. The van der Waals surface area contributed by atoms with Crippen molar-refractivity contribution in [2.45, 2.75) is 6.18 Å². The fraction of sp³-hybridized carbons (Fsp3) is 0.800. The van der Waals surface area contributed by atoms with Crippen LogP contribution in [0, 0.1) is 0 Å². The highest BCUT2D eigenvalue weighted by molar-refractivity contribution is 5.67. The van der Waals surface area contributed by atoms with E-state index < -0.39 is 18.8 Å². The lowest BCUT2D eigenvalue weighted by Gasteiger charge is -2.07. The van der Waals surface area contributed by atoms with Crippen LogP contribution in [0.15, 0.2) is 0 Å². The Morgan fingerprint density at radius 2 is 2.08 bits per heavy atom. The number of amides is 1. The van der Waals surface area contributed by atoms with Crippen molar-refractivity contribution in [2.24, 2.45) is 5.73 Å². The second kappa shape index (κ2) is 4.81. The van der Waals surface area contributed by atoms with E-state index in [2.05, 4.69) is 4.74 Å². The van der Waals surface area contributed by atoms with Crippen molar-refractivity contribution < 1.29 is 22.7 Å². The van der Waals surface area contributed by atoms with E-state index in [1.54, 1.807) is 0 Å². The summed E-state index contributed by atoms with van der Waals surface area (Å²) in [6, 6.07) is 0. The largest absolute Gasteiger partial charge is 0.448 e. The molecule has 0 aromatic carbocycles. The first-order valence-electron chi connectivity index (χ1n) is 3.13. The predicted molar refractivity (Wildman–Crippen MR) is 34.5 cm³/mol. The first-order chi connectivity index (χ1) is 5.45. The first-order valence-corrected chi connectivity index (χ1v) is 3.13. The van der Waals surface area contributed by atoms with Gasteiger partial charge in [0.2, 0.25) is 0 Å². The van der Waals surface area contributed by atoms with Gasteiger partial charge >= 0.3 is 12.3 Å². The number of ether oxygens (including phenoxy) is 1. The normalized spacial score (nSPS) is 11.0. The summed E-state index contributed by atoms with van der Waals surface area (Å²) in [7, 11) is 0. The van der Waals surface area contributed by atoms with E-state index in [1.165, 1.54) is 5.32 Å². The van der Waals surface area contributed by atoms with Crippen LogP contribution >= 0.6 is 0 Å². The molecule has 72 valence electrons. The minimum Gasteiger partial charge on any atom is -0.448 e. The van der Waals surface area contributed by atoms with Crippen molar-refractivity contribution in [3.63, 3.8) is 0 Å². The number of alkyl halides is 3. The van der Waals surface area contributed by atoms with Gasteiger partial charge in [-0.3, -0.25) is 0 Å². The van der Waals surface area contributed by atoms with Crippen molar-refractivity contribution in [3.05, 3.63) is 0 Å². The fourth-order valence-electron chi connectivity index (χ4n) is 0.375. The highest BCUT2D eigenvalue weighted by Crippen LogP contribution is 2.11. The van der Waals surface area contributed by atoms with Gasteiger partial charge in [0.1, 0.15) is 13.2 Å². The van der Waals surface area contributed by atoms with E-state index >= 15 is 0 Å². The van der Waals surface area contributed by atoms with Gasteiger partial charge in [-0.2, -0.15) is 13.2 Å². The van der Waals surface area contributed by atoms with Crippen LogP contribution in [0.4, 0.5) is 18.0 Å². The summed E-state index contributed by atoms with van der Waals surface area (Å²) >= 11 is 0. The average molecular weight is 186 g/mol. The summed E-state index contributed by atoms with van der Waals surface area (Å²) in [6.07, 6.45) is -5.53. The monoisotopic (exact) mass is 186 g/mol. The van der Waals surface area contributed by atoms with E-state index in [-0.39, 0.29) is 13.2 Å². The summed E-state index contributed by atoms with van der Waals surface area (Å²) in [4.78, 5) is 10.4. The fourth-order valence-corrected chi connectivity index (χ4v) is 0.375. The molecule has 0 heterocycles. The summed E-state index contributed by atoms with van der Waals surface area (Å²) < 4.78 is 38.5. The van der Waals surface area contributed by atoms with Crippen LogP contribution < -0.4 is 11.1 Å². The topological polar surface area (TPSA) is 64.3 Å². The molecular weight excluding hydrogens is 177 g/mol. The lowest BCUT2D eigenvalue weighted by atomic mass is 10.6. The average Bonchev–Trinajstić information content (AvgIpc) is 1.95. The Morgan fingerprint density at radius 3 is 2.50 bits per heavy atom. The van der Waals surface area contributed by atoms with E-state index in [4.69, 9.17) is 5.73 Å². The van der Waals surface area contributed by atoms with Crippen LogP contribution in [0.2, 0.25) is 0 Å². The molecule has 0 aromatic rings. The zero-order chi connectivity index (χ0) is 9.61. The Hall–Kier alpha value is -0.980. The Morgan fingerprint density at radius 1 is 1.50 bits per heavy atom. The number of carbonyl (C=O) groups is 1. The summed E-state index contributed by atoms with van der Waals surface area (Å²) in [5, 5.41) is 1.52. The molecule has 1 amide bonds. The predicted octanol–water partition coefficient (Wildman–Crippen LogP) is 0.234. The highest BCUT2D eigenvalue weighted by Gasteiger charge is 2.27. The molecule has 0 aliphatic rings. The van der Waals surface area contributed by atoms with Crippen LogP contribution in [-0.2, 0) is 4.74 Å². The maximum atomic E-state index is 11.4. The van der Waals surface area contributed by atoms with Crippen LogP contribution in [0.5, 0.6) is 0 Å². The molecular formula is C5H9F3N2O2. The van der Waals surface area contributed by atoms with Crippen LogP contribution in [0.3, 0.4) is 0 Å². The van der Waals surface area contributed by atoms with Crippen molar-refractivity contribution in [3.8, 4) is 0 Å². The van der Waals surface area contributed by atoms with Gasteiger partial charge in [-0.05, 0) is 0 Å².